The number of fused-ring (bicyclic) bond motifs is 1. The van der Waals surface area contributed by atoms with E-state index in [1.807, 2.05) is 19.2 Å². The molecule has 3 nitrogen and oxygen atoms in total. The fraction of sp³-hybridized carbons (Fsp3) is 0.538. The topological polar surface area (TPSA) is 52.5 Å². The number of rotatable bonds is 5. The van der Waals surface area contributed by atoms with Crippen molar-refractivity contribution in [1.29, 1.82) is 0 Å². The molecule has 3 N–H and O–H groups in total. The molecule has 88 valence electrons. The lowest BCUT2D eigenvalue weighted by atomic mass is 9.85. The first kappa shape index (κ1) is 11.6. The first-order valence-corrected chi connectivity index (χ1v) is 5.85. The Labute approximate surface area is 96.1 Å². The van der Waals surface area contributed by atoms with Crippen LogP contribution in [0.4, 0.5) is 0 Å². The maximum atomic E-state index is 9.98. The van der Waals surface area contributed by atoms with E-state index in [-0.39, 0.29) is 0 Å². The molecule has 0 radical (unpaired) electrons. The quantitative estimate of drug-likeness (QED) is 0.689. The Morgan fingerprint density at radius 3 is 2.56 bits per heavy atom. The fourth-order valence-corrected chi connectivity index (χ4v) is 2.07. The normalized spacial score (nSPS) is 17.4. The van der Waals surface area contributed by atoms with E-state index in [0.29, 0.717) is 13.0 Å². The molecule has 3 heteroatoms. The van der Waals surface area contributed by atoms with Gasteiger partial charge in [0.1, 0.15) is 6.10 Å². The zero-order chi connectivity index (χ0) is 11.5. The van der Waals surface area contributed by atoms with Gasteiger partial charge in [-0.15, -0.1) is 0 Å². The molecule has 0 aromatic heterocycles. The Bertz CT molecular complexity index is 365. The lowest BCUT2D eigenvalue weighted by molar-refractivity contribution is 0.0139. The van der Waals surface area contributed by atoms with Crippen molar-refractivity contribution >= 4 is 0 Å². The van der Waals surface area contributed by atoms with Crippen LogP contribution in [0, 0.1) is 0 Å². The van der Waals surface area contributed by atoms with Gasteiger partial charge in [0.25, 0.3) is 0 Å². The smallest absolute Gasteiger partial charge is 0.105 e. The van der Waals surface area contributed by atoms with Gasteiger partial charge in [-0.3, -0.25) is 0 Å². The Kier molecular flexibility index (Phi) is 3.59. The highest BCUT2D eigenvalue weighted by molar-refractivity contribution is 5.39. The van der Waals surface area contributed by atoms with E-state index in [2.05, 4.69) is 11.4 Å². The second kappa shape index (κ2) is 4.95. The van der Waals surface area contributed by atoms with Crippen LogP contribution in [0.5, 0.6) is 0 Å². The van der Waals surface area contributed by atoms with E-state index in [0.717, 1.165) is 18.4 Å². The van der Waals surface area contributed by atoms with Gasteiger partial charge in [-0.2, -0.15) is 0 Å². The highest BCUT2D eigenvalue weighted by Crippen LogP contribution is 2.27. The number of aliphatic hydroxyl groups excluding tert-OH is 2. The molecule has 1 aromatic rings. The molecule has 2 atom stereocenters. The molecular weight excluding hydrogens is 202 g/mol. The average molecular weight is 221 g/mol. The van der Waals surface area contributed by atoms with Crippen molar-refractivity contribution in [1.82, 2.24) is 5.32 Å². The minimum atomic E-state index is -0.765. The van der Waals surface area contributed by atoms with Crippen LogP contribution in [-0.2, 0) is 12.8 Å². The maximum Gasteiger partial charge on any atom is 0.105 e. The largest absolute Gasteiger partial charge is 0.390 e. The first-order valence-electron chi connectivity index (χ1n) is 5.85. The van der Waals surface area contributed by atoms with Crippen LogP contribution >= 0.6 is 0 Å². The van der Waals surface area contributed by atoms with Crippen molar-refractivity contribution in [2.75, 3.05) is 13.6 Å². The van der Waals surface area contributed by atoms with Crippen molar-refractivity contribution in [2.24, 2.45) is 0 Å². The highest BCUT2D eigenvalue weighted by atomic mass is 16.3. The van der Waals surface area contributed by atoms with Gasteiger partial charge in [-0.1, -0.05) is 18.2 Å². The van der Waals surface area contributed by atoms with E-state index in [1.165, 1.54) is 11.1 Å². The Balaban J connectivity index is 2.02. The Morgan fingerprint density at radius 2 is 2.00 bits per heavy atom. The molecule has 1 aliphatic rings. The molecule has 0 heterocycles. The maximum absolute atomic E-state index is 9.98. The summed E-state index contributed by atoms with van der Waals surface area (Å²) >= 11 is 0. The second-order valence-electron chi connectivity index (χ2n) is 4.43. The van der Waals surface area contributed by atoms with Crippen LogP contribution in [0.15, 0.2) is 18.2 Å². The van der Waals surface area contributed by atoms with E-state index in [9.17, 15) is 10.2 Å². The van der Waals surface area contributed by atoms with Crippen LogP contribution in [0.1, 0.15) is 29.2 Å². The summed E-state index contributed by atoms with van der Waals surface area (Å²) in [6, 6.07) is 6.00. The van der Waals surface area contributed by atoms with Gasteiger partial charge in [0.05, 0.1) is 6.10 Å². The molecule has 0 saturated carbocycles. The molecular formula is C13H19NO2. The SMILES string of the molecule is CNCCC(O)C(O)c1ccc2c(c1)CC2. The van der Waals surface area contributed by atoms with Crippen LogP contribution in [0.25, 0.3) is 0 Å². The minimum absolute atomic E-state index is 0.564. The van der Waals surface area contributed by atoms with Crippen molar-refractivity contribution < 1.29 is 10.2 Å². The van der Waals surface area contributed by atoms with Gasteiger partial charge in [-0.05, 0) is 49.5 Å². The zero-order valence-corrected chi connectivity index (χ0v) is 9.61. The third kappa shape index (κ3) is 2.26. The van der Waals surface area contributed by atoms with E-state index >= 15 is 0 Å². The summed E-state index contributed by atoms with van der Waals surface area (Å²) in [5, 5.41) is 22.7. The fourth-order valence-electron chi connectivity index (χ4n) is 2.07. The monoisotopic (exact) mass is 221 g/mol. The molecule has 0 spiro atoms. The number of hydrogen-bond acceptors (Lipinski definition) is 3. The first-order chi connectivity index (χ1) is 7.72. The van der Waals surface area contributed by atoms with Gasteiger partial charge in [0.2, 0.25) is 0 Å². The third-order valence-electron chi connectivity index (χ3n) is 3.29. The van der Waals surface area contributed by atoms with Gasteiger partial charge >= 0.3 is 0 Å². The predicted octanol–water partition coefficient (Wildman–Crippen LogP) is 0.789. The van der Waals surface area contributed by atoms with Gasteiger partial charge in [-0.25, -0.2) is 0 Å². The molecule has 16 heavy (non-hydrogen) atoms. The second-order valence-corrected chi connectivity index (χ2v) is 4.43. The highest BCUT2D eigenvalue weighted by Gasteiger charge is 2.20. The Hall–Kier alpha value is -0.900. The summed E-state index contributed by atoms with van der Waals surface area (Å²) in [5.74, 6) is 0. The summed E-state index contributed by atoms with van der Waals surface area (Å²) in [7, 11) is 1.84. The molecule has 0 fully saturated rings. The van der Waals surface area contributed by atoms with Crippen molar-refractivity contribution in [3.8, 4) is 0 Å². The zero-order valence-electron chi connectivity index (χ0n) is 9.61. The van der Waals surface area contributed by atoms with Crippen LogP contribution in [-0.4, -0.2) is 29.9 Å². The van der Waals surface area contributed by atoms with E-state index in [1.54, 1.807) is 0 Å². The Morgan fingerprint density at radius 1 is 1.25 bits per heavy atom. The number of hydrogen-bond donors (Lipinski definition) is 3. The number of nitrogens with one attached hydrogen (secondary N) is 1. The predicted molar refractivity (Wildman–Crippen MR) is 63.4 cm³/mol. The summed E-state index contributed by atoms with van der Waals surface area (Å²) in [6.45, 7) is 0.711. The molecule has 2 unspecified atom stereocenters. The molecule has 0 aliphatic heterocycles. The van der Waals surface area contributed by atoms with Crippen LogP contribution in [0.2, 0.25) is 0 Å². The summed E-state index contributed by atoms with van der Waals surface area (Å²) < 4.78 is 0. The third-order valence-corrected chi connectivity index (χ3v) is 3.29. The summed E-state index contributed by atoms with van der Waals surface area (Å²) in [6.07, 6.45) is 1.36. The van der Waals surface area contributed by atoms with Crippen molar-refractivity contribution in [3.05, 3.63) is 34.9 Å². The molecule has 0 bridgehead atoms. The molecule has 2 rings (SSSR count). The lowest BCUT2D eigenvalue weighted by Gasteiger charge is -2.23. The summed E-state index contributed by atoms with van der Waals surface area (Å²) in [5.41, 5.74) is 3.53. The minimum Gasteiger partial charge on any atom is -0.390 e. The van der Waals surface area contributed by atoms with Crippen molar-refractivity contribution in [2.45, 2.75) is 31.5 Å². The van der Waals surface area contributed by atoms with Crippen LogP contribution < -0.4 is 5.32 Å². The average Bonchev–Trinajstić information content (AvgIpc) is 2.26. The van der Waals surface area contributed by atoms with Gasteiger partial charge in [0, 0.05) is 0 Å². The molecule has 1 aromatic carbocycles. The van der Waals surface area contributed by atoms with E-state index in [4.69, 9.17) is 0 Å². The number of aliphatic hydroxyl groups is 2. The van der Waals surface area contributed by atoms with Crippen molar-refractivity contribution in [3.63, 3.8) is 0 Å². The van der Waals surface area contributed by atoms with Crippen LogP contribution in [0.3, 0.4) is 0 Å². The molecule has 0 amide bonds. The van der Waals surface area contributed by atoms with Gasteiger partial charge < -0.3 is 15.5 Å². The number of aryl methyl sites for hydroxylation is 2. The standard InChI is InChI=1S/C13H19NO2/c1-14-7-6-12(15)13(16)11-5-3-9-2-4-10(9)8-11/h3,5,8,12-16H,2,4,6-7H2,1H3. The van der Waals surface area contributed by atoms with E-state index < -0.39 is 12.2 Å². The number of benzene rings is 1. The summed E-state index contributed by atoms with van der Waals surface area (Å²) in [4.78, 5) is 0. The lowest BCUT2D eigenvalue weighted by Crippen LogP contribution is -2.23. The molecule has 0 saturated heterocycles. The van der Waals surface area contributed by atoms with Gasteiger partial charge in [0.15, 0.2) is 0 Å². The molecule has 1 aliphatic carbocycles.